The molecule has 1 heterocycles. The number of aromatic nitrogens is 2. The quantitative estimate of drug-likeness (QED) is 0.781. The SMILES string of the molecule is CNCc1ccc(OC)c(Cn2ncc3ccccc32)c1. The average Bonchev–Trinajstić information content (AvgIpc) is 2.91. The molecule has 0 radical (unpaired) electrons. The zero-order valence-electron chi connectivity index (χ0n) is 12.3. The summed E-state index contributed by atoms with van der Waals surface area (Å²) in [4.78, 5) is 0. The molecule has 0 aliphatic heterocycles. The molecule has 0 aliphatic rings. The van der Waals surface area contributed by atoms with Crippen LogP contribution in [0.5, 0.6) is 5.75 Å². The summed E-state index contributed by atoms with van der Waals surface area (Å²) < 4.78 is 7.49. The molecular weight excluding hydrogens is 262 g/mol. The van der Waals surface area contributed by atoms with E-state index in [1.807, 2.05) is 36.1 Å². The highest BCUT2D eigenvalue weighted by Crippen LogP contribution is 2.23. The summed E-state index contributed by atoms with van der Waals surface area (Å²) in [5, 5.41) is 8.82. The van der Waals surface area contributed by atoms with Crippen LogP contribution >= 0.6 is 0 Å². The van der Waals surface area contributed by atoms with Crippen LogP contribution in [-0.4, -0.2) is 23.9 Å². The molecule has 0 unspecified atom stereocenters. The van der Waals surface area contributed by atoms with Crippen molar-refractivity contribution in [3.05, 3.63) is 59.8 Å². The Morgan fingerprint density at radius 1 is 1.19 bits per heavy atom. The number of nitrogens with zero attached hydrogens (tertiary/aromatic N) is 2. The number of hydrogen-bond acceptors (Lipinski definition) is 3. The predicted molar refractivity (Wildman–Crippen MR) is 84.6 cm³/mol. The number of fused-ring (bicyclic) bond motifs is 1. The van der Waals surface area contributed by atoms with Gasteiger partial charge in [-0.2, -0.15) is 5.10 Å². The molecule has 1 N–H and O–H groups in total. The molecule has 0 saturated carbocycles. The Morgan fingerprint density at radius 2 is 2.05 bits per heavy atom. The minimum atomic E-state index is 0.703. The summed E-state index contributed by atoms with van der Waals surface area (Å²) >= 11 is 0. The van der Waals surface area contributed by atoms with E-state index in [0.717, 1.165) is 28.8 Å². The molecular formula is C17H19N3O. The summed E-state index contributed by atoms with van der Waals surface area (Å²) in [6, 6.07) is 14.5. The van der Waals surface area contributed by atoms with Crippen molar-refractivity contribution < 1.29 is 4.74 Å². The largest absolute Gasteiger partial charge is 0.496 e. The minimum absolute atomic E-state index is 0.703. The Morgan fingerprint density at radius 3 is 2.86 bits per heavy atom. The van der Waals surface area contributed by atoms with E-state index in [9.17, 15) is 0 Å². The Balaban J connectivity index is 1.98. The molecule has 3 aromatic rings. The van der Waals surface area contributed by atoms with Crippen LogP contribution in [0, 0.1) is 0 Å². The average molecular weight is 281 g/mol. The first-order valence-electron chi connectivity index (χ1n) is 7.03. The molecule has 0 aliphatic carbocycles. The van der Waals surface area contributed by atoms with Crippen LogP contribution in [0.1, 0.15) is 11.1 Å². The van der Waals surface area contributed by atoms with Gasteiger partial charge in [0.1, 0.15) is 5.75 Å². The maximum Gasteiger partial charge on any atom is 0.123 e. The molecule has 2 aromatic carbocycles. The molecule has 3 rings (SSSR count). The maximum atomic E-state index is 5.48. The van der Waals surface area contributed by atoms with Crippen molar-refractivity contribution in [1.82, 2.24) is 15.1 Å². The van der Waals surface area contributed by atoms with E-state index in [0.29, 0.717) is 6.54 Å². The van der Waals surface area contributed by atoms with E-state index in [1.165, 1.54) is 5.56 Å². The van der Waals surface area contributed by atoms with Crippen LogP contribution < -0.4 is 10.1 Å². The van der Waals surface area contributed by atoms with Gasteiger partial charge in [0.05, 0.1) is 25.4 Å². The number of nitrogens with one attached hydrogen (secondary N) is 1. The molecule has 0 atom stereocenters. The molecule has 4 heteroatoms. The fraction of sp³-hybridized carbons (Fsp3) is 0.235. The van der Waals surface area contributed by atoms with Gasteiger partial charge in [-0.05, 0) is 30.8 Å². The van der Waals surface area contributed by atoms with Gasteiger partial charge in [-0.3, -0.25) is 4.68 Å². The molecule has 21 heavy (non-hydrogen) atoms. The van der Waals surface area contributed by atoms with E-state index in [1.54, 1.807) is 7.11 Å². The van der Waals surface area contributed by atoms with Gasteiger partial charge in [0, 0.05) is 17.5 Å². The number of benzene rings is 2. The summed E-state index contributed by atoms with van der Waals surface area (Å²) in [6.07, 6.45) is 1.90. The summed E-state index contributed by atoms with van der Waals surface area (Å²) in [6.45, 7) is 1.55. The van der Waals surface area contributed by atoms with E-state index in [-0.39, 0.29) is 0 Å². The number of rotatable bonds is 5. The second kappa shape index (κ2) is 5.97. The second-order valence-electron chi connectivity index (χ2n) is 5.04. The third kappa shape index (κ3) is 2.76. The topological polar surface area (TPSA) is 39.1 Å². The van der Waals surface area contributed by atoms with Crippen molar-refractivity contribution in [2.45, 2.75) is 13.1 Å². The van der Waals surface area contributed by atoms with E-state index in [2.05, 4.69) is 34.7 Å². The van der Waals surface area contributed by atoms with Gasteiger partial charge in [-0.15, -0.1) is 0 Å². The van der Waals surface area contributed by atoms with Crippen molar-refractivity contribution in [2.24, 2.45) is 0 Å². The smallest absolute Gasteiger partial charge is 0.123 e. The molecule has 108 valence electrons. The van der Waals surface area contributed by atoms with Crippen LogP contribution in [0.2, 0.25) is 0 Å². The lowest BCUT2D eigenvalue weighted by Crippen LogP contribution is -2.08. The molecule has 1 aromatic heterocycles. The lowest BCUT2D eigenvalue weighted by molar-refractivity contribution is 0.407. The lowest BCUT2D eigenvalue weighted by Gasteiger charge is -2.11. The van der Waals surface area contributed by atoms with Crippen LogP contribution in [0.3, 0.4) is 0 Å². The number of methoxy groups -OCH3 is 1. The van der Waals surface area contributed by atoms with Crippen molar-refractivity contribution in [3.8, 4) is 5.75 Å². The van der Waals surface area contributed by atoms with Crippen molar-refractivity contribution >= 4 is 10.9 Å². The first-order valence-corrected chi connectivity index (χ1v) is 7.03. The Kier molecular flexibility index (Phi) is 3.88. The van der Waals surface area contributed by atoms with Gasteiger partial charge in [0.15, 0.2) is 0 Å². The van der Waals surface area contributed by atoms with Gasteiger partial charge in [-0.25, -0.2) is 0 Å². The normalized spacial score (nSPS) is 11.0. The molecule has 0 bridgehead atoms. The second-order valence-corrected chi connectivity index (χ2v) is 5.04. The van der Waals surface area contributed by atoms with Crippen LogP contribution in [0.4, 0.5) is 0 Å². The summed E-state index contributed by atoms with van der Waals surface area (Å²) in [5.74, 6) is 0.898. The number of ether oxygens (including phenoxy) is 1. The van der Waals surface area contributed by atoms with Gasteiger partial charge in [0.2, 0.25) is 0 Å². The lowest BCUT2D eigenvalue weighted by atomic mass is 10.1. The van der Waals surface area contributed by atoms with Crippen molar-refractivity contribution in [3.63, 3.8) is 0 Å². The predicted octanol–water partition coefficient (Wildman–Crippen LogP) is 2.81. The standard InChI is InChI=1S/C17H19N3O/c1-18-10-13-7-8-17(21-2)15(9-13)12-20-16-6-4-3-5-14(16)11-19-20/h3-9,11,18H,10,12H2,1-2H3. The molecule has 4 nitrogen and oxygen atoms in total. The van der Waals surface area contributed by atoms with Gasteiger partial charge in [-0.1, -0.05) is 24.3 Å². The Bertz CT molecular complexity index is 749. The van der Waals surface area contributed by atoms with Gasteiger partial charge in [0.25, 0.3) is 0 Å². The van der Waals surface area contributed by atoms with Gasteiger partial charge < -0.3 is 10.1 Å². The minimum Gasteiger partial charge on any atom is -0.496 e. The molecule has 0 spiro atoms. The number of hydrogen-bond donors (Lipinski definition) is 1. The highest BCUT2D eigenvalue weighted by molar-refractivity contribution is 5.78. The van der Waals surface area contributed by atoms with E-state index >= 15 is 0 Å². The highest BCUT2D eigenvalue weighted by Gasteiger charge is 2.08. The van der Waals surface area contributed by atoms with E-state index < -0.39 is 0 Å². The van der Waals surface area contributed by atoms with Gasteiger partial charge >= 0.3 is 0 Å². The molecule has 0 amide bonds. The third-order valence-corrected chi connectivity index (χ3v) is 3.60. The van der Waals surface area contributed by atoms with Crippen molar-refractivity contribution in [2.75, 3.05) is 14.2 Å². The first kappa shape index (κ1) is 13.6. The summed E-state index contributed by atoms with van der Waals surface area (Å²) in [5.41, 5.74) is 3.52. The van der Waals surface area contributed by atoms with Crippen molar-refractivity contribution in [1.29, 1.82) is 0 Å². The molecule has 0 fully saturated rings. The fourth-order valence-electron chi connectivity index (χ4n) is 2.58. The van der Waals surface area contributed by atoms with Crippen LogP contribution in [-0.2, 0) is 13.1 Å². The maximum absolute atomic E-state index is 5.48. The monoisotopic (exact) mass is 281 g/mol. The molecule has 0 saturated heterocycles. The summed E-state index contributed by atoms with van der Waals surface area (Å²) in [7, 11) is 3.66. The number of para-hydroxylation sites is 1. The van der Waals surface area contributed by atoms with Crippen LogP contribution in [0.15, 0.2) is 48.7 Å². The first-order chi connectivity index (χ1) is 10.3. The van der Waals surface area contributed by atoms with E-state index in [4.69, 9.17) is 4.74 Å². The highest BCUT2D eigenvalue weighted by atomic mass is 16.5. The third-order valence-electron chi connectivity index (χ3n) is 3.60. The van der Waals surface area contributed by atoms with Crippen LogP contribution in [0.25, 0.3) is 10.9 Å². The Hall–Kier alpha value is -2.33. The Labute approximate surface area is 124 Å². The zero-order valence-corrected chi connectivity index (χ0v) is 12.3. The fourth-order valence-corrected chi connectivity index (χ4v) is 2.58. The zero-order chi connectivity index (χ0) is 14.7.